The van der Waals surface area contributed by atoms with Gasteiger partial charge in [-0.2, -0.15) is 0 Å². The first-order valence-corrected chi connectivity index (χ1v) is 10.1. The van der Waals surface area contributed by atoms with E-state index in [0.29, 0.717) is 10.7 Å². The molecule has 0 spiro atoms. The van der Waals surface area contributed by atoms with Crippen LogP contribution in [0.15, 0.2) is 59.5 Å². The van der Waals surface area contributed by atoms with Crippen LogP contribution < -0.4 is 15.6 Å². The SMILES string of the molecule is CC(C)Oc1ccc(CNC(=O)c2nnn3cc(-c4ccc(Cl)cc4)[nH]c(=O)c23)cc1. The van der Waals surface area contributed by atoms with Crippen LogP contribution >= 0.6 is 11.6 Å². The number of carbonyl (C=O) groups excluding carboxylic acids is 1. The van der Waals surface area contributed by atoms with Crippen molar-refractivity contribution in [3.05, 3.63) is 81.4 Å². The van der Waals surface area contributed by atoms with Gasteiger partial charge in [-0.1, -0.05) is 41.1 Å². The zero-order chi connectivity index (χ0) is 22.0. The molecule has 0 bridgehead atoms. The standard InChI is InChI=1S/C22H20ClN5O3/c1-13(2)31-17-9-3-14(4-10-17)11-24-21(29)19-20-22(30)25-18(12-28(20)27-26-19)15-5-7-16(23)8-6-15/h3-10,12-13H,11H2,1-2H3,(H,24,29)(H,25,30). The first-order chi connectivity index (χ1) is 14.9. The maximum Gasteiger partial charge on any atom is 0.276 e. The van der Waals surface area contributed by atoms with Gasteiger partial charge in [-0.05, 0) is 49.2 Å². The van der Waals surface area contributed by atoms with Gasteiger partial charge in [0.2, 0.25) is 0 Å². The zero-order valence-corrected chi connectivity index (χ0v) is 17.7. The van der Waals surface area contributed by atoms with Gasteiger partial charge in [0.15, 0.2) is 11.2 Å². The Morgan fingerprint density at radius 1 is 1.16 bits per heavy atom. The second kappa shape index (κ2) is 8.61. The minimum Gasteiger partial charge on any atom is -0.491 e. The van der Waals surface area contributed by atoms with Crippen molar-refractivity contribution < 1.29 is 9.53 Å². The van der Waals surface area contributed by atoms with Crippen LogP contribution in [0.1, 0.15) is 29.9 Å². The number of aromatic nitrogens is 4. The Labute approximate surface area is 182 Å². The number of fused-ring (bicyclic) bond motifs is 1. The molecule has 0 radical (unpaired) electrons. The first kappa shape index (κ1) is 20.6. The normalized spacial score (nSPS) is 11.1. The maximum atomic E-state index is 12.6. The molecule has 2 heterocycles. The molecule has 0 atom stereocenters. The lowest BCUT2D eigenvalue weighted by molar-refractivity contribution is 0.0947. The minimum absolute atomic E-state index is 0.0383. The molecule has 4 rings (SSSR count). The van der Waals surface area contributed by atoms with Crippen molar-refractivity contribution in [3.63, 3.8) is 0 Å². The average molecular weight is 438 g/mol. The quantitative estimate of drug-likeness (QED) is 0.481. The molecule has 2 aromatic heterocycles. The average Bonchev–Trinajstić information content (AvgIpc) is 3.18. The summed E-state index contributed by atoms with van der Waals surface area (Å²) in [6.07, 6.45) is 1.70. The van der Waals surface area contributed by atoms with Crippen molar-refractivity contribution >= 4 is 23.0 Å². The second-order valence-electron chi connectivity index (χ2n) is 7.23. The maximum absolute atomic E-state index is 12.6. The van der Waals surface area contributed by atoms with Crippen LogP contribution in [0.2, 0.25) is 5.02 Å². The Hall–Kier alpha value is -3.65. The van der Waals surface area contributed by atoms with Crippen molar-refractivity contribution in [3.8, 4) is 17.0 Å². The molecule has 2 N–H and O–H groups in total. The number of hydrogen-bond donors (Lipinski definition) is 2. The van der Waals surface area contributed by atoms with E-state index in [1.807, 2.05) is 38.1 Å². The summed E-state index contributed by atoms with van der Waals surface area (Å²) in [4.78, 5) is 28.1. The fourth-order valence-corrected chi connectivity index (χ4v) is 3.21. The number of rotatable bonds is 6. The number of nitrogens with one attached hydrogen (secondary N) is 2. The fraction of sp³-hybridized carbons (Fsp3) is 0.182. The van der Waals surface area contributed by atoms with Gasteiger partial charge in [-0.3, -0.25) is 9.59 Å². The van der Waals surface area contributed by atoms with E-state index in [4.69, 9.17) is 16.3 Å². The predicted octanol–water partition coefficient (Wildman–Crippen LogP) is 3.46. The molecular weight excluding hydrogens is 418 g/mol. The van der Waals surface area contributed by atoms with Gasteiger partial charge in [-0.25, -0.2) is 4.52 Å². The van der Waals surface area contributed by atoms with E-state index in [1.165, 1.54) is 4.52 Å². The third-order valence-electron chi connectivity index (χ3n) is 4.53. The highest BCUT2D eigenvalue weighted by Gasteiger charge is 2.18. The van der Waals surface area contributed by atoms with Crippen LogP contribution in [-0.4, -0.2) is 31.8 Å². The lowest BCUT2D eigenvalue weighted by atomic mass is 10.1. The first-order valence-electron chi connectivity index (χ1n) is 9.69. The van der Waals surface area contributed by atoms with E-state index in [0.717, 1.165) is 16.9 Å². The summed E-state index contributed by atoms with van der Waals surface area (Å²) >= 11 is 5.91. The lowest BCUT2D eigenvalue weighted by Crippen LogP contribution is -2.25. The Morgan fingerprint density at radius 3 is 2.55 bits per heavy atom. The van der Waals surface area contributed by atoms with Gasteiger partial charge < -0.3 is 15.0 Å². The van der Waals surface area contributed by atoms with Gasteiger partial charge in [0, 0.05) is 11.6 Å². The van der Waals surface area contributed by atoms with Crippen molar-refractivity contribution in [2.24, 2.45) is 0 Å². The number of carbonyl (C=O) groups is 1. The van der Waals surface area contributed by atoms with Crippen molar-refractivity contribution in [2.45, 2.75) is 26.5 Å². The Balaban J connectivity index is 1.52. The third kappa shape index (κ3) is 4.59. The van der Waals surface area contributed by atoms with Crippen LogP contribution in [0, 0.1) is 0 Å². The van der Waals surface area contributed by atoms with Crippen molar-refractivity contribution in [2.75, 3.05) is 0 Å². The van der Waals surface area contributed by atoms with Gasteiger partial charge >= 0.3 is 0 Å². The third-order valence-corrected chi connectivity index (χ3v) is 4.78. The molecule has 2 aromatic carbocycles. The topological polar surface area (TPSA) is 101 Å². The van der Waals surface area contributed by atoms with Crippen molar-refractivity contribution in [1.82, 2.24) is 25.1 Å². The van der Waals surface area contributed by atoms with Gasteiger partial charge in [-0.15, -0.1) is 5.10 Å². The molecule has 8 nitrogen and oxygen atoms in total. The van der Waals surface area contributed by atoms with Gasteiger partial charge in [0.25, 0.3) is 11.5 Å². The largest absolute Gasteiger partial charge is 0.491 e. The van der Waals surface area contributed by atoms with Gasteiger partial charge in [0.1, 0.15) is 5.75 Å². The molecule has 4 aromatic rings. The summed E-state index contributed by atoms with van der Waals surface area (Å²) in [5, 5.41) is 11.2. The van der Waals surface area contributed by atoms with Crippen molar-refractivity contribution in [1.29, 1.82) is 0 Å². The number of benzene rings is 2. The Morgan fingerprint density at radius 2 is 1.87 bits per heavy atom. The van der Waals surface area contributed by atoms with E-state index in [2.05, 4.69) is 20.6 Å². The summed E-state index contributed by atoms with van der Waals surface area (Å²) in [6, 6.07) is 14.4. The molecule has 0 aliphatic heterocycles. The zero-order valence-electron chi connectivity index (χ0n) is 16.9. The minimum atomic E-state index is -0.484. The molecule has 1 amide bonds. The smallest absolute Gasteiger partial charge is 0.276 e. The van der Waals surface area contributed by atoms with Crippen LogP contribution in [0.3, 0.4) is 0 Å². The van der Waals surface area contributed by atoms with Crippen LogP contribution in [0.5, 0.6) is 5.75 Å². The molecule has 0 fully saturated rings. The Bertz CT molecular complexity index is 1280. The number of nitrogens with zero attached hydrogens (tertiary/aromatic N) is 3. The summed E-state index contributed by atoms with van der Waals surface area (Å²) < 4.78 is 6.91. The van der Waals surface area contributed by atoms with Crippen LogP contribution in [0.25, 0.3) is 16.8 Å². The number of halogens is 1. The number of ether oxygens (including phenoxy) is 1. The highest BCUT2D eigenvalue weighted by molar-refractivity contribution is 6.30. The molecule has 0 aliphatic rings. The Kier molecular flexibility index (Phi) is 5.73. The lowest BCUT2D eigenvalue weighted by Gasteiger charge is -2.10. The van der Waals surface area contributed by atoms with E-state index in [-0.39, 0.29) is 23.9 Å². The molecule has 158 valence electrons. The number of H-pyrrole nitrogens is 1. The molecule has 9 heteroatoms. The molecule has 0 saturated heterocycles. The fourth-order valence-electron chi connectivity index (χ4n) is 3.08. The molecule has 31 heavy (non-hydrogen) atoms. The van der Waals surface area contributed by atoms with Crippen LogP contribution in [0.4, 0.5) is 0 Å². The summed E-state index contributed by atoms with van der Waals surface area (Å²) in [7, 11) is 0. The van der Waals surface area contributed by atoms with E-state index in [1.54, 1.807) is 30.5 Å². The predicted molar refractivity (Wildman–Crippen MR) is 117 cm³/mol. The highest BCUT2D eigenvalue weighted by Crippen LogP contribution is 2.19. The number of amides is 1. The summed E-state index contributed by atoms with van der Waals surface area (Å²) in [5.41, 5.74) is 1.77. The number of hydrogen-bond acceptors (Lipinski definition) is 5. The van der Waals surface area contributed by atoms with Crippen LogP contribution in [-0.2, 0) is 6.54 Å². The number of aromatic amines is 1. The van der Waals surface area contributed by atoms with E-state index >= 15 is 0 Å². The van der Waals surface area contributed by atoms with Gasteiger partial charge in [0.05, 0.1) is 18.0 Å². The molecular formula is C22H20ClN5O3. The second-order valence-corrected chi connectivity index (χ2v) is 7.66. The molecule has 0 aliphatic carbocycles. The molecule has 0 unspecified atom stereocenters. The molecule has 0 saturated carbocycles. The van der Waals surface area contributed by atoms with E-state index in [9.17, 15) is 9.59 Å². The highest BCUT2D eigenvalue weighted by atomic mass is 35.5. The summed E-state index contributed by atoms with van der Waals surface area (Å²) in [5.74, 6) is 0.277. The van der Waals surface area contributed by atoms with E-state index < -0.39 is 11.5 Å². The monoisotopic (exact) mass is 437 g/mol. The summed E-state index contributed by atoms with van der Waals surface area (Å²) in [6.45, 7) is 4.19.